The molecule has 1 aliphatic rings. The highest BCUT2D eigenvalue weighted by atomic mass is 31.2. The molecular weight excluding hydrogens is 805 g/mol. The molecule has 21 nitrogen and oxygen atoms in total. The number of nitrogens with zero attached hydrogens (tertiary/aromatic N) is 4. The van der Waals surface area contributed by atoms with Crippen molar-refractivity contribution in [3.05, 3.63) is 48.5 Å². The highest BCUT2D eigenvalue weighted by molar-refractivity contribution is 7.47. The summed E-state index contributed by atoms with van der Waals surface area (Å²) in [6.45, 7) is 8.22. The minimum absolute atomic E-state index is 0.107. The van der Waals surface area contributed by atoms with Crippen molar-refractivity contribution in [1.82, 2.24) is 35.7 Å². The molecule has 1 aromatic heterocycles. The molecule has 3 rings (SSSR count). The number of benzene rings is 1. The number of anilines is 1. The lowest BCUT2D eigenvalue weighted by Crippen LogP contribution is -2.61. The van der Waals surface area contributed by atoms with Crippen LogP contribution in [0.2, 0.25) is 0 Å². The number of para-hydroxylation sites is 1. The quantitative estimate of drug-likeness (QED) is 0.0638. The van der Waals surface area contributed by atoms with E-state index in [1.807, 2.05) is 70.0 Å². The molecule has 6 amide bonds. The minimum Gasteiger partial charge on any atom is -0.394 e. The smallest absolute Gasteiger partial charge is 0.394 e. The zero-order valence-electron chi connectivity index (χ0n) is 35.1. The molecule has 7 unspecified atom stereocenters. The van der Waals surface area contributed by atoms with E-state index in [1.165, 1.54) is 18.0 Å². The molecule has 60 heavy (non-hydrogen) atoms. The van der Waals surface area contributed by atoms with E-state index in [9.17, 15) is 43.3 Å². The normalized spacial score (nSPS) is 17.7. The van der Waals surface area contributed by atoms with Crippen LogP contribution in [0.3, 0.4) is 0 Å². The van der Waals surface area contributed by atoms with Crippen molar-refractivity contribution in [2.45, 2.75) is 109 Å². The molecule has 0 radical (unpaired) electrons. The van der Waals surface area contributed by atoms with E-state index in [2.05, 4.69) is 30.8 Å². The molecule has 7 atom stereocenters. The summed E-state index contributed by atoms with van der Waals surface area (Å²) in [6.07, 6.45) is 2.47. The highest BCUT2D eigenvalue weighted by Crippen LogP contribution is 2.44. The summed E-state index contributed by atoms with van der Waals surface area (Å²) in [5, 5.41) is 29.3. The molecule has 1 fully saturated rings. The lowest BCUT2D eigenvalue weighted by molar-refractivity contribution is -0.139. The summed E-state index contributed by atoms with van der Waals surface area (Å²) in [7, 11) is -2.95. The number of aliphatic hydroxyl groups excluding tert-OH is 2. The summed E-state index contributed by atoms with van der Waals surface area (Å²) in [4.78, 5) is 97.6. The molecule has 9 N–H and O–H groups in total. The van der Waals surface area contributed by atoms with Crippen molar-refractivity contribution in [3.8, 4) is 0 Å². The Morgan fingerprint density at radius 2 is 1.60 bits per heavy atom. The second kappa shape index (κ2) is 22.1. The van der Waals surface area contributed by atoms with Gasteiger partial charge in [-0.05, 0) is 58.1 Å². The first-order valence-corrected chi connectivity index (χ1v) is 21.1. The number of aliphatic hydroxyl groups is 2. The summed E-state index contributed by atoms with van der Waals surface area (Å²) < 4.78 is 23.5. The van der Waals surface area contributed by atoms with Crippen LogP contribution in [-0.4, -0.2) is 135 Å². The van der Waals surface area contributed by atoms with Gasteiger partial charge in [0.05, 0.1) is 32.3 Å². The lowest BCUT2D eigenvalue weighted by Gasteiger charge is -2.40. The number of amides is 6. The maximum Gasteiger partial charge on any atom is 0.472 e. The maximum absolute atomic E-state index is 14.2. The number of hydrogen-bond donors (Lipinski definition) is 8. The Bertz CT molecular complexity index is 1850. The molecular formula is C38H60N9O12P. The largest absolute Gasteiger partial charge is 0.472 e. The maximum atomic E-state index is 14.2. The van der Waals surface area contributed by atoms with Gasteiger partial charge in [-0.25, -0.2) is 9.55 Å². The van der Waals surface area contributed by atoms with Crippen LogP contribution < -0.4 is 31.9 Å². The number of phosphoric ester groups is 1. The van der Waals surface area contributed by atoms with Crippen molar-refractivity contribution in [1.29, 1.82) is 0 Å². The summed E-state index contributed by atoms with van der Waals surface area (Å²) >= 11 is 0. The first kappa shape index (κ1) is 49.4. The van der Waals surface area contributed by atoms with Crippen LogP contribution in [-0.2, 0) is 54.5 Å². The number of carbonyl (C=O) groups is 6. The number of hydrogen-bond acceptors (Lipinski definition) is 13. The van der Waals surface area contributed by atoms with E-state index in [-0.39, 0.29) is 24.7 Å². The molecule has 2 heterocycles. The van der Waals surface area contributed by atoms with Crippen LogP contribution in [0.1, 0.15) is 66.5 Å². The van der Waals surface area contributed by atoms with Gasteiger partial charge in [-0.1, -0.05) is 32.0 Å². The van der Waals surface area contributed by atoms with Gasteiger partial charge < -0.3 is 56.5 Å². The fourth-order valence-electron chi connectivity index (χ4n) is 6.77. The van der Waals surface area contributed by atoms with Crippen molar-refractivity contribution in [2.24, 2.45) is 11.7 Å². The average Bonchev–Trinajstić information content (AvgIpc) is 3.88. The molecule has 0 saturated carbocycles. The van der Waals surface area contributed by atoms with E-state index in [0.29, 0.717) is 25.1 Å². The fourth-order valence-corrected chi connectivity index (χ4v) is 7.69. The first-order chi connectivity index (χ1) is 28.1. The molecule has 1 aliphatic heterocycles. The number of phosphoric acid groups is 1. The van der Waals surface area contributed by atoms with Crippen molar-refractivity contribution in [2.75, 3.05) is 38.3 Å². The van der Waals surface area contributed by atoms with Gasteiger partial charge in [-0.2, -0.15) is 0 Å². The Balaban J connectivity index is 1.95. The highest BCUT2D eigenvalue weighted by Gasteiger charge is 2.38. The van der Waals surface area contributed by atoms with Crippen LogP contribution in [0.25, 0.3) is 0 Å². The Morgan fingerprint density at radius 3 is 2.18 bits per heavy atom. The standard InChI is InChI=1S/C38H60N9O12P/c1-23(2)18-28(42-37(55)31-14-11-15-46(31)25(4)50)34(52)41-29(19-27-20-40-22-47(27)38(5,6)45(7)26-12-9-8-10-13-26)35(53)43-30(21-49)36(54)44-32(33(39)51)24(3)59-60(56,57)58-17-16-48/h8-10,12-13,20,22-24,28-32,48-49H,11,14-19,21H2,1-7H3,(H2,39,51)(H,41,52)(H,42,55)(H,43,53)(H,44,54)(H,56,57). The first-order valence-electron chi connectivity index (χ1n) is 19.6. The predicted molar refractivity (Wildman–Crippen MR) is 217 cm³/mol. The minimum atomic E-state index is -4.82. The second-order valence-corrected chi connectivity index (χ2v) is 16.8. The van der Waals surface area contributed by atoms with Crippen LogP contribution in [0.4, 0.5) is 5.69 Å². The topological polar surface area (TPSA) is 297 Å². The molecule has 0 aliphatic carbocycles. The van der Waals surface area contributed by atoms with Crippen LogP contribution >= 0.6 is 7.82 Å². The number of primary amides is 1. The van der Waals surface area contributed by atoms with Gasteiger partial charge >= 0.3 is 7.82 Å². The van der Waals surface area contributed by atoms with Gasteiger partial charge in [0.2, 0.25) is 35.4 Å². The molecule has 1 aromatic carbocycles. The zero-order valence-corrected chi connectivity index (χ0v) is 36.0. The van der Waals surface area contributed by atoms with Crippen molar-refractivity contribution < 1.29 is 57.5 Å². The van der Waals surface area contributed by atoms with E-state index < -0.39 is 99.2 Å². The van der Waals surface area contributed by atoms with Gasteiger partial charge in [-0.15, -0.1) is 0 Å². The average molecular weight is 866 g/mol. The van der Waals surface area contributed by atoms with Gasteiger partial charge in [0.15, 0.2) is 0 Å². The zero-order chi connectivity index (χ0) is 44.9. The third-order valence-corrected chi connectivity index (χ3v) is 11.3. The number of rotatable bonds is 23. The van der Waals surface area contributed by atoms with E-state index in [1.54, 1.807) is 10.9 Å². The van der Waals surface area contributed by atoms with E-state index in [4.69, 9.17) is 15.4 Å². The monoisotopic (exact) mass is 865 g/mol. The van der Waals surface area contributed by atoms with Crippen molar-refractivity contribution in [3.63, 3.8) is 0 Å². The molecule has 22 heteroatoms. The lowest BCUT2D eigenvalue weighted by atomic mass is 10.0. The Labute approximate surface area is 349 Å². The van der Waals surface area contributed by atoms with E-state index >= 15 is 0 Å². The van der Waals surface area contributed by atoms with Crippen molar-refractivity contribution >= 4 is 49.0 Å². The predicted octanol–water partition coefficient (Wildman–Crippen LogP) is -0.757. The van der Waals surface area contributed by atoms with Crippen LogP contribution in [0.5, 0.6) is 0 Å². The van der Waals surface area contributed by atoms with E-state index in [0.717, 1.165) is 12.6 Å². The van der Waals surface area contributed by atoms with Crippen LogP contribution in [0, 0.1) is 5.92 Å². The third-order valence-electron chi connectivity index (χ3n) is 10.1. The molecule has 1 saturated heterocycles. The SMILES string of the molecule is CC(=O)N1CCCC1C(=O)NC(CC(C)C)C(=O)NC(Cc1cncn1C(C)(C)N(C)c1ccccc1)C(=O)NC(CO)C(=O)NC(C(N)=O)C(C)OP(=O)(O)OCCO. The fraction of sp³-hybridized carbons (Fsp3) is 0.605. The Morgan fingerprint density at radius 1 is 0.983 bits per heavy atom. The molecule has 0 bridgehead atoms. The summed E-state index contributed by atoms with van der Waals surface area (Å²) in [5.74, 6) is -4.95. The second-order valence-electron chi connectivity index (χ2n) is 15.4. The van der Waals surface area contributed by atoms with Crippen LogP contribution in [0.15, 0.2) is 42.9 Å². The van der Waals surface area contributed by atoms with Gasteiger partial charge in [0.1, 0.15) is 35.9 Å². The molecule has 2 aromatic rings. The summed E-state index contributed by atoms with van der Waals surface area (Å²) in [5.41, 5.74) is 5.99. The number of likely N-dealkylation sites (tertiary alicyclic amines) is 1. The number of aromatic nitrogens is 2. The Hall–Kier alpha value is -4.92. The Kier molecular flexibility index (Phi) is 18.2. The number of nitrogens with one attached hydrogen (secondary N) is 4. The van der Waals surface area contributed by atoms with Gasteiger partial charge in [0.25, 0.3) is 0 Å². The van der Waals surface area contributed by atoms with Gasteiger partial charge in [-0.3, -0.25) is 37.8 Å². The molecule has 0 spiro atoms. The number of carbonyl (C=O) groups excluding carboxylic acids is 6. The summed E-state index contributed by atoms with van der Waals surface area (Å²) in [6, 6.07) is 2.58. The third kappa shape index (κ3) is 13.5. The molecule has 334 valence electrons. The number of imidazole rings is 1. The number of nitrogens with two attached hydrogens (primary N) is 1. The van der Waals surface area contributed by atoms with Gasteiger partial charge in [0, 0.05) is 44.5 Å².